The zero-order valence-electron chi connectivity index (χ0n) is 25.4. The van der Waals surface area contributed by atoms with Crippen LogP contribution in [0.1, 0.15) is 44.5 Å². The highest BCUT2D eigenvalue weighted by molar-refractivity contribution is 6.74. The van der Waals surface area contributed by atoms with Crippen molar-refractivity contribution in [2.75, 3.05) is 37.0 Å². The van der Waals surface area contributed by atoms with Gasteiger partial charge in [-0.05, 0) is 41.9 Å². The van der Waals surface area contributed by atoms with Gasteiger partial charge in [-0.25, -0.2) is 14.6 Å². The Hall–Kier alpha value is -3.57. The molecule has 13 heteroatoms. The predicted molar refractivity (Wildman–Crippen MR) is 166 cm³/mol. The number of hydrogen-bond acceptors (Lipinski definition) is 10. The summed E-state index contributed by atoms with van der Waals surface area (Å²) >= 11 is 0. The van der Waals surface area contributed by atoms with E-state index >= 15 is 0 Å². The first-order valence-electron chi connectivity index (χ1n) is 13.9. The van der Waals surface area contributed by atoms with E-state index in [9.17, 15) is 15.2 Å². The number of nitrogens with one attached hydrogen (secondary N) is 1. The third kappa shape index (κ3) is 6.42. The number of hydrogen-bond donors (Lipinski definition) is 2. The van der Waals surface area contributed by atoms with Gasteiger partial charge < -0.3 is 29.2 Å². The average Bonchev–Trinajstić information content (AvgIpc) is 3.47. The molecule has 1 aliphatic heterocycles. The number of ether oxygens (including phenoxy) is 1. The lowest BCUT2D eigenvalue weighted by atomic mass is 9.83. The van der Waals surface area contributed by atoms with Crippen LogP contribution >= 0.6 is 0 Å². The molecule has 2 aromatic heterocycles. The molecule has 0 amide bonds. The minimum atomic E-state index is -2.06. The summed E-state index contributed by atoms with van der Waals surface area (Å²) in [4.78, 5) is 22.5. The molecule has 11 nitrogen and oxygen atoms in total. The highest BCUT2D eigenvalue weighted by Gasteiger charge is 2.44. The zero-order chi connectivity index (χ0) is 30.7. The molecule has 0 bridgehead atoms. The van der Waals surface area contributed by atoms with E-state index in [1.54, 1.807) is 36.2 Å². The van der Waals surface area contributed by atoms with Crippen molar-refractivity contribution >= 4 is 39.4 Å². The summed E-state index contributed by atoms with van der Waals surface area (Å²) in [6.45, 7) is 14.9. The Balaban J connectivity index is 1.73. The second-order valence-corrected chi connectivity index (χ2v) is 17.1. The van der Waals surface area contributed by atoms with E-state index in [1.165, 1.54) is 7.41 Å². The molecule has 1 aromatic carbocycles. The molecule has 1 atom stereocenters. The van der Waals surface area contributed by atoms with E-state index in [0.717, 1.165) is 23.0 Å². The first-order chi connectivity index (χ1) is 19.9. The topological polar surface area (TPSA) is 138 Å². The second-order valence-electron chi connectivity index (χ2n) is 12.3. The van der Waals surface area contributed by atoms with Gasteiger partial charge in [0.05, 0.1) is 36.7 Å². The minimum Gasteiger partial charge on any atom is -0.416 e. The van der Waals surface area contributed by atoms with E-state index in [-0.39, 0.29) is 11.6 Å². The van der Waals surface area contributed by atoms with Crippen molar-refractivity contribution in [3.63, 3.8) is 0 Å². The van der Waals surface area contributed by atoms with Crippen molar-refractivity contribution in [3.8, 4) is 17.3 Å². The number of fused-ring (bicyclic) bond motifs is 1. The van der Waals surface area contributed by atoms with Gasteiger partial charge in [-0.15, -0.1) is 0 Å². The molecular formula is C29H39BN7O4Si. The number of carbonyl (C=O) groups excluding carboxylic acids is 1. The number of benzene rings is 1. The molecule has 0 aliphatic carbocycles. The predicted octanol–water partition coefficient (Wildman–Crippen LogP) is 4.00. The maximum Gasteiger partial charge on any atom is 0.329 e. The fourth-order valence-corrected chi connectivity index (χ4v) is 5.86. The van der Waals surface area contributed by atoms with Crippen LogP contribution in [0.25, 0.3) is 11.3 Å². The molecule has 0 fully saturated rings. The quantitative estimate of drug-likeness (QED) is 0.236. The van der Waals surface area contributed by atoms with Crippen molar-refractivity contribution in [2.45, 2.75) is 64.4 Å². The van der Waals surface area contributed by atoms with E-state index in [2.05, 4.69) is 62.3 Å². The van der Waals surface area contributed by atoms with Gasteiger partial charge in [-0.3, -0.25) is 0 Å². The molecule has 1 radical (unpaired) electrons. The lowest BCUT2D eigenvalue weighted by molar-refractivity contribution is 0.183. The second kappa shape index (κ2) is 12.3. The van der Waals surface area contributed by atoms with Gasteiger partial charge >= 0.3 is 7.41 Å². The van der Waals surface area contributed by atoms with Gasteiger partial charge in [0.1, 0.15) is 18.1 Å². The van der Waals surface area contributed by atoms with Crippen LogP contribution in [0.4, 0.5) is 17.5 Å². The van der Waals surface area contributed by atoms with Gasteiger partial charge in [0.15, 0.2) is 8.32 Å². The Kier molecular flexibility index (Phi) is 9.22. The van der Waals surface area contributed by atoms with Gasteiger partial charge in [-0.1, -0.05) is 27.7 Å². The Morgan fingerprint density at radius 2 is 2.07 bits per heavy atom. The van der Waals surface area contributed by atoms with E-state index in [4.69, 9.17) is 14.1 Å². The molecule has 0 saturated heterocycles. The maximum atomic E-state index is 11.6. The minimum absolute atomic E-state index is 0.0420. The van der Waals surface area contributed by atoms with E-state index in [1.807, 2.05) is 10.9 Å². The van der Waals surface area contributed by atoms with Crippen LogP contribution in [0, 0.1) is 11.3 Å². The van der Waals surface area contributed by atoms with Gasteiger partial charge in [0, 0.05) is 49.2 Å². The number of nitriles is 1. The Labute approximate surface area is 249 Å². The molecule has 0 unspecified atom stereocenters. The fraction of sp³-hybridized carbons (Fsp3) is 0.483. The van der Waals surface area contributed by atoms with Crippen molar-refractivity contribution < 1.29 is 19.1 Å². The first-order valence-corrected chi connectivity index (χ1v) is 16.8. The SMILES string of the molecule is COCCn1nc(CO)cc1Nc1nccc(-c2cc(C#N)c3c(c2)[C@@](C)(CO[Si](C)(C)C(C)(C)C)CN3[B]C=O)n1. The molecule has 3 heterocycles. The summed E-state index contributed by atoms with van der Waals surface area (Å²) < 4.78 is 13.6. The molecule has 42 heavy (non-hydrogen) atoms. The van der Waals surface area contributed by atoms with Crippen LogP contribution in [0.2, 0.25) is 18.1 Å². The van der Waals surface area contributed by atoms with E-state index in [0.29, 0.717) is 55.0 Å². The fourth-order valence-electron chi connectivity index (χ4n) is 4.75. The smallest absolute Gasteiger partial charge is 0.329 e. The van der Waals surface area contributed by atoms with Gasteiger partial charge in [-0.2, -0.15) is 10.4 Å². The van der Waals surface area contributed by atoms with Gasteiger partial charge in [0.2, 0.25) is 5.95 Å². The highest BCUT2D eigenvalue weighted by Crippen LogP contribution is 2.46. The summed E-state index contributed by atoms with van der Waals surface area (Å²) in [5, 5.41) is 27.4. The third-order valence-electron chi connectivity index (χ3n) is 8.18. The van der Waals surface area contributed by atoms with Crippen molar-refractivity contribution in [1.82, 2.24) is 19.7 Å². The van der Waals surface area contributed by atoms with E-state index < -0.39 is 13.7 Å². The standard InChI is InChI=1S/C29H39BN7O4Si/c1-28(2,3)42(6,7)41-18-29(4)17-36(30-19-39)26-21(15-31)12-20(13-23(26)29)24-8-9-32-27(33-24)34-25-14-22(16-38)35-37(25)10-11-40-5/h8-9,12-14,19,38H,10-11,16-18H2,1-7H3,(H,32,33,34)/t29-/m1/s1. The number of nitrogens with zero attached hydrogens (tertiary/aromatic N) is 6. The lowest BCUT2D eigenvalue weighted by Gasteiger charge is -2.39. The normalized spacial score (nSPS) is 16.7. The molecule has 221 valence electrons. The van der Waals surface area contributed by atoms with Crippen molar-refractivity contribution in [2.24, 2.45) is 0 Å². The molecule has 2 N–H and O–H groups in total. The summed E-state index contributed by atoms with van der Waals surface area (Å²) in [5.74, 6) is 0.963. The summed E-state index contributed by atoms with van der Waals surface area (Å²) in [6.07, 6.45) is 2.40. The average molecular weight is 589 g/mol. The zero-order valence-corrected chi connectivity index (χ0v) is 26.4. The number of rotatable bonds is 12. The molecule has 3 aromatic rings. The number of aromatic nitrogens is 4. The molecule has 0 saturated carbocycles. The van der Waals surface area contributed by atoms with Crippen molar-refractivity contribution in [1.29, 1.82) is 5.26 Å². The number of aliphatic hydroxyl groups excluding tert-OH is 1. The van der Waals surface area contributed by atoms with Crippen LogP contribution in [0.5, 0.6) is 0 Å². The number of methoxy groups -OCH3 is 1. The lowest BCUT2D eigenvalue weighted by Crippen LogP contribution is -2.46. The number of anilines is 3. The molecule has 1 aliphatic rings. The number of aliphatic hydroxyl groups is 1. The Bertz CT molecular complexity index is 1480. The highest BCUT2D eigenvalue weighted by atomic mass is 28.4. The van der Waals surface area contributed by atoms with Crippen molar-refractivity contribution in [3.05, 3.63) is 47.3 Å². The van der Waals surface area contributed by atoms with Crippen LogP contribution in [0.15, 0.2) is 30.5 Å². The largest absolute Gasteiger partial charge is 0.416 e. The molecule has 4 rings (SSSR count). The van der Waals surface area contributed by atoms with Crippen LogP contribution < -0.4 is 10.1 Å². The first kappa shape index (κ1) is 31.4. The number of carbonyl (C=O) groups is 1. The van der Waals surface area contributed by atoms with Crippen LogP contribution in [-0.4, -0.2) is 73.6 Å². The third-order valence-corrected chi connectivity index (χ3v) is 12.7. The molecule has 0 spiro atoms. The Morgan fingerprint density at radius 3 is 2.71 bits per heavy atom. The summed E-state index contributed by atoms with van der Waals surface area (Å²) in [6, 6.07) is 9.71. The summed E-state index contributed by atoms with van der Waals surface area (Å²) in [7, 11) is 1.03. The maximum absolute atomic E-state index is 11.6. The van der Waals surface area contributed by atoms with Crippen LogP contribution in [0.3, 0.4) is 0 Å². The monoisotopic (exact) mass is 588 g/mol. The Morgan fingerprint density at radius 1 is 1.31 bits per heavy atom. The van der Waals surface area contributed by atoms with Crippen LogP contribution in [-0.2, 0) is 32.5 Å². The molecular weight excluding hydrogens is 549 g/mol. The van der Waals surface area contributed by atoms with Gasteiger partial charge in [0.25, 0.3) is 0 Å². The summed E-state index contributed by atoms with van der Waals surface area (Å²) in [5.41, 5.74) is 3.54.